The summed E-state index contributed by atoms with van der Waals surface area (Å²) in [7, 11) is -3.21. The van der Waals surface area contributed by atoms with Gasteiger partial charge in [0, 0.05) is 12.3 Å². The number of carbonyl (C=O) groups is 2. The molecule has 116 valence electrons. The standard InChI is InChI=1S/C13H24N2O4S/c1-6-10-13(17)15(9(4)7-20(5,18)19)11(8(2)3)12(16)14-10/h8-11H,6-7H2,1-5H3,(H,14,16). The topological polar surface area (TPSA) is 83.6 Å². The van der Waals surface area contributed by atoms with Crippen LogP contribution < -0.4 is 5.32 Å². The molecule has 0 aromatic rings. The van der Waals surface area contributed by atoms with Crippen molar-refractivity contribution in [1.82, 2.24) is 10.2 Å². The number of hydrogen-bond donors (Lipinski definition) is 1. The van der Waals surface area contributed by atoms with E-state index in [0.717, 1.165) is 6.26 Å². The van der Waals surface area contributed by atoms with Gasteiger partial charge in [-0.1, -0.05) is 20.8 Å². The highest BCUT2D eigenvalue weighted by Crippen LogP contribution is 2.22. The van der Waals surface area contributed by atoms with Crippen LogP contribution in [0.15, 0.2) is 0 Å². The van der Waals surface area contributed by atoms with Gasteiger partial charge in [0.2, 0.25) is 11.8 Å². The molecular formula is C13H24N2O4S. The predicted molar refractivity (Wildman–Crippen MR) is 76.9 cm³/mol. The van der Waals surface area contributed by atoms with E-state index in [1.807, 2.05) is 20.8 Å². The summed E-state index contributed by atoms with van der Waals surface area (Å²) in [5, 5.41) is 2.72. The molecule has 1 fully saturated rings. The van der Waals surface area contributed by atoms with Crippen molar-refractivity contribution in [3.8, 4) is 0 Å². The van der Waals surface area contributed by atoms with E-state index < -0.39 is 28.0 Å². The minimum Gasteiger partial charge on any atom is -0.343 e. The zero-order valence-electron chi connectivity index (χ0n) is 12.7. The number of carbonyl (C=O) groups excluding carboxylic acids is 2. The first-order valence-corrected chi connectivity index (χ1v) is 8.94. The van der Waals surface area contributed by atoms with Crippen LogP contribution in [0.2, 0.25) is 0 Å². The van der Waals surface area contributed by atoms with Crippen LogP contribution >= 0.6 is 0 Å². The molecule has 0 spiro atoms. The Morgan fingerprint density at radius 2 is 1.80 bits per heavy atom. The van der Waals surface area contributed by atoms with E-state index in [1.54, 1.807) is 6.92 Å². The van der Waals surface area contributed by atoms with Crippen LogP contribution in [0.1, 0.15) is 34.1 Å². The summed E-state index contributed by atoms with van der Waals surface area (Å²) in [5.41, 5.74) is 0. The molecule has 0 aromatic carbocycles. The largest absolute Gasteiger partial charge is 0.343 e. The molecule has 1 heterocycles. The second kappa shape index (κ2) is 6.11. The van der Waals surface area contributed by atoms with Crippen LogP contribution in [0.4, 0.5) is 0 Å². The average Bonchev–Trinajstić information content (AvgIpc) is 2.28. The first-order valence-electron chi connectivity index (χ1n) is 6.88. The van der Waals surface area contributed by atoms with E-state index in [1.165, 1.54) is 4.90 Å². The van der Waals surface area contributed by atoms with E-state index in [2.05, 4.69) is 5.32 Å². The highest BCUT2D eigenvalue weighted by Gasteiger charge is 2.43. The Labute approximate surface area is 120 Å². The van der Waals surface area contributed by atoms with Crippen LogP contribution in [-0.4, -0.2) is 55.3 Å². The maximum atomic E-state index is 12.5. The SMILES string of the molecule is CCC1NC(=O)C(C(C)C)N(C(C)CS(C)(=O)=O)C1=O. The number of hydrogen-bond acceptors (Lipinski definition) is 4. The summed E-state index contributed by atoms with van der Waals surface area (Å²) >= 11 is 0. The van der Waals surface area contributed by atoms with Gasteiger partial charge in [-0.15, -0.1) is 0 Å². The fourth-order valence-electron chi connectivity index (χ4n) is 2.67. The van der Waals surface area contributed by atoms with Crippen molar-refractivity contribution in [3.63, 3.8) is 0 Å². The molecule has 1 aliphatic rings. The van der Waals surface area contributed by atoms with Crippen molar-refractivity contribution in [2.75, 3.05) is 12.0 Å². The summed E-state index contributed by atoms with van der Waals surface area (Å²) in [6.45, 7) is 7.20. The zero-order chi connectivity index (χ0) is 15.7. The molecule has 1 saturated heterocycles. The maximum Gasteiger partial charge on any atom is 0.246 e. The van der Waals surface area contributed by atoms with Crippen LogP contribution in [0.25, 0.3) is 0 Å². The third-order valence-corrected chi connectivity index (χ3v) is 4.58. The van der Waals surface area contributed by atoms with Gasteiger partial charge in [0.25, 0.3) is 0 Å². The van der Waals surface area contributed by atoms with Gasteiger partial charge in [0.05, 0.1) is 5.75 Å². The van der Waals surface area contributed by atoms with Crippen molar-refractivity contribution >= 4 is 21.7 Å². The second-order valence-electron chi connectivity index (χ2n) is 5.85. The molecule has 2 amide bonds. The van der Waals surface area contributed by atoms with Gasteiger partial charge in [0.15, 0.2) is 0 Å². The van der Waals surface area contributed by atoms with Crippen LogP contribution in [-0.2, 0) is 19.4 Å². The molecule has 0 radical (unpaired) electrons. The lowest BCUT2D eigenvalue weighted by Gasteiger charge is -2.43. The lowest BCUT2D eigenvalue weighted by atomic mass is 9.95. The number of amides is 2. The summed E-state index contributed by atoms with van der Waals surface area (Å²) < 4.78 is 22.9. The lowest BCUT2D eigenvalue weighted by Crippen LogP contribution is -2.67. The number of nitrogens with one attached hydrogen (secondary N) is 1. The Morgan fingerprint density at radius 1 is 1.25 bits per heavy atom. The molecule has 1 aliphatic heterocycles. The van der Waals surface area contributed by atoms with Gasteiger partial charge in [-0.25, -0.2) is 8.42 Å². The Morgan fingerprint density at radius 3 is 2.20 bits per heavy atom. The number of sulfone groups is 1. The predicted octanol–water partition coefficient (Wildman–Crippen LogP) is 0.181. The minimum atomic E-state index is -3.21. The quantitative estimate of drug-likeness (QED) is 0.785. The van der Waals surface area contributed by atoms with E-state index >= 15 is 0 Å². The number of piperazine rings is 1. The molecule has 0 bridgehead atoms. The van der Waals surface area contributed by atoms with E-state index in [-0.39, 0.29) is 23.5 Å². The Balaban J connectivity index is 3.11. The average molecular weight is 304 g/mol. The fourth-order valence-corrected chi connectivity index (χ4v) is 3.71. The molecule has 1 rings (SSSR count). The lowest BCUT2D eigenvalue weighted by molar-refractivity contribution is -0.153. The molecule has 3 atom stereocenters. The Hall–Kier alpha value is -1.11. The first-order chi connectivity index (χ1) is 9.08. The highest BCUT2D eigenvalue weighted by molar-refractivity contribution is 7.90. The Bertz CT molecular complexity index is 487. The van der Waals surface area contributed by atoms with Crippen molar-refractivity contribution in [2.24, 2.45) is 5.92 Å². The monoisotopic (exact) mass is 304 g/mol. The number of nitrogens with zero attached hydrogens (tertiary/aromatic N) is 1. The van der Waals surface area contributed by atoms with Gasteiger partial charge < -0.3 is 10.2 Å². The molecule has 3 unspecified atom stereocenters. The van der Waals surface area contributed by atoms with Crippen LogP contribution in [0, 0.1) is 5.92 Å². The maximum absolute atomic E-state index is 12.5. The van der Waals surface area contributed by atoms with Crippen molar-refractivity contribution in [3.05, 3.63) is 0 Å². The Kier molecular flexibility index (Phi) is 5.18. The van der Waals surface area contributed by atoms with Gasteiger partial charge >= 0.3 is 0 Å². The summed E-state index contributed by atoms with van der Waals surface area (Å²) in [6, 6.07) is -1.67. The number of rotatable bonds is 5. The molecule has 20 heavy (non-hydrogen) atoms. The first kappa shape index (κ1) is 16.9. The second-order valence-corrected chi connectivity index (χ2v) is 8.03. The normalized spacial score (nSPS) is 25.8. The molecule has 0 aliphatic carbocycles. The summed E-state index contributed by atoms with van der Waals surface area (Å²) in [5.74, 6) is -0.599. The van der Waals surface area contributed by atoms with Crippen molar-refractivity contribution in [2.45, 2.75) is 52.2 Å². The summed E-state index contributed by atoms with van der Waals surface area (Å²) in [6.07, 6.45) is 1.64. The molecule has 1 N–H and O–H groups in total. The molecule has 0 aromatic heterocycles. The smallest absolute Gasteiger partial charge is 0.246 e. The molecule has 0 saturated carbocycles. The third-order valence-electron chi connectivity index (χ3n) is 3.50. The van der Waals surface area contributed by atoms with E-state index in [9.17, 15) is 18.0 Å². The van der Waals surface area contributed by atoms with Gasteiger partial charge in [0.1, 0.15) is 21.9 Å². The van der Waals surface area contributed by atoms with E-state index in [0.29, 0.717) is 6.42 Å². The van der Waals surface area contributed by atoms with Crippen LogP contribution in [0.5, 0.6) is 0 Å². The molecule has 6 nitrogen and oxygen atoms in total. The van der Waals surface area contributed by atoms with Crippen molar-refractivity contribution in [1.29, 1.82) is 0 Å². The summed E-state index contributed by atoms with van der Waals surface area (Å²) in [4.78, 5) is 26.1. The fraction of sp³-hybridized carbons (Fsp3) is 0.846. The molecular weight excluding hydrogens is 280 g/mol. The minimum absolute atomic E-state index is 0.0706. The zero-order valence-corrected chi connectivity index (χ0v) is 13.5. The third kappa shape index (κ3) is 3.71. The van der Waals surface area contributed by atoms with Crippen molar-refractivity contribution < 1.29 is 18.0 Å². The highest BCUT2D eigenvalue weighted by atomic mass is 32.2. The van der Waals surface area contributed by atoms with Gasteiger partial charge in [-0.3, -0.25) is 9.59 Å². The van der Waals surface area contributed by atoms with Gasteiger partial charge in [-0.05, 0) is 19.3 Å². The van der Waals surface area contributed by atoms with Crippen LogP contribution in [0.3, 0.4) is 0 Å². The molecule has 7 heteroatoms. The van der Waals surface area contributed by atoms with Gasteiger partial charge in [-0.2, -0.15) is 0 Å². The van der Waals surface area contributed by atoms with E-state index in [4.69, 9.17) is 0 Å².